The van der Waals surface area contributed by atoms with Crippen molar-refractivity contribution in [1.29, 1.82) is 0 Å². The minimum Gasteiger partial charge on any atom is -0.373 e. The number of halogens is 1. The van der Waals surface area contributed by atoms with Crippen molar-refractivity contribution in [1.82, 2.24) is 15.6 Å². The molecule has 1 heterocycles. The van der Waals surface area contributed by atoms with E-state index < -0.39 is 0 Å². The highest BCUT2D eigenvalue weighted by molar-refractivity contribution is 14.0. The van der Waals surface area contributed by atoms with Crippen molar-refractivity contribution in [3.8, 4) is 0 Å². The largest absolute Gasteiger partial charge is 0.373 e. The molecule has 0 saturated carbocycles. The molecule has 28 heavy (non-hydrogen) atoms. The van der Waals surface area contributed by atoms with Crippen molar-refractivity contribution in [2.75, 3.05) is 26.7 Å². The summed E-state index contributed by atoms with van der Waals surface area (Å²) in [5, 5.41) is 6.68. The first-order valence-corrected chi connectivity index (χ1v) is 9.90. The van der Waals surface area contributed by atoms with Gasteiger partial charge in [-0.25, -0.2) is 0 Å². The molecule has 6 heteroatoms. The first-order chi connectivity index (χ1) is 13.4. The fraction of sp³-hybridized carbons (Fsp3) is 0.455. The number of pyridine rings is 1. The molecule has 2 N–H and O–H groups in total. The van der Waals surface area contributed by atoms with E-state index in [2.05, 4.69) is 44.9 Å². The predicted octanol–water partition coefficient (Wildman–Crippen LogP) is 3.89. The van der Waals surface area contributed by atoms with E-state index in [1.54, 1.807) is 7.05 Å². The maximum absolute atomic E-state index is 6.16. The number of aliphatic imine (C=N–C) groups is 1. The number of nitrogens with one attached hydrogen (secondary N) is 2. The van der Waals surface area contributed by atoms with Crippen LogP contribution in [0.15, 0.2) is 53.7 Å². The van der Waals surface area contributed by atoms with Crippen LogP contribution in [0.4, 0.5) is 0 Å². The number of hydrogen-bond donors (Lipinski definition) is 2. The summed E-state index contributed by atoms with van der Waals surface area (Å²) in [5.41, 5.74) is 3.91. The van der Waals surface area contributed by atoms with E-state index in [-0.39, 0.29) is 30.1 Å². The lowest BCUT2D eigenvalue weighted by Gasteiger charge is -2.25. The van der Waals surface area contributed by atoms with Crippen molar-refractivity contribution in [3.63, 3.8) is 0 Å². The molecule has 3 rings (SSSR count). The number of ether oxygens (including phenoxy) is 1. The fourth-order valence-electron chi connectivity index (χ4n) is 3.46. The van der Waals surface area contributed by atoms with Crippen LogP contribution >= 0.6 is 24.0 Å². The van der Waals surface area contributed by atoms with Crippen LogP contribution in [0, 0.1) is 0 Å². The minimum absolute atomic E-state index is 0. The van der Waals surface area contributed by atoms with Gasteiger partial charge in [-0.2, -0.15) is 0 Å². The third kappa shape index (κ3) is 7.05. The molecule has 0 aliphatic heterocycles. The zero-order valence-electron chi connectivity index (χ0n) is 16.6. The Morgan fingerprint density at radius 2 is 1.96 bits per heavy atom. The van der Waals surface area contributed by atoms with Crippen molar-refractivity contribution in [2.45, 2.75) is 38.2 Å². The molecule has 0 bridgehead atoms. The monoisotopic (exact) mass is 494 g/mol. The van der Waals surface area contributed by atoms with Gasteiger partial charge < -0.3 is 15.4 Å². The molecule has 0 fully saturated rings. The van der Waals surface area contributed by atoms with Crippen LogP contribution in [0.1, 0.15) is 42.2 Å². The number of aryl methyl sites for hydroxylation is 1. The number of aromatic nitrogens is 1. The van der Waals surface area contributed by atoms with E-state index >= 15 is 0 Å². The summed E-state index contributed by atoms with van der Waals surface area (Å²) in [6.07, 6.45) is 7.44. The quantitative estimate of drug-likeness (QED) is 0.253. The van der Waals surface area contributed by atoms with Crippen molar-refractivity contribution >= 4 is 29.9 Å². The number of hydrogen-bond acceptors (Lipinski definition) is 3. The van der Waals surface area contributed by atoms with Gasteiger partial charge in [-0.05, 0) is 48.9 Å². The molecular formula is C22H31IN4O. The van der Waals surface area contributed by atoms with Crippen LogP contribution in [0.2, 0.25) is 0 Å². The van der Waals surface area contributed by atoms with E-state index in [1.807, 2.05) is 24.4 Å². The highest BCUT2D eigenvalue weighted by Gasteiger charge is 2.19. The highest BCUT2D eigenvalue weighted by Crippen LogP contribution is 2.32. The van der Waals surface area contributed by atoms with Crippen LogP contribution in [0.5, 0.6) is 0 Å². The van der Waals surface area contributed by atoms with E-state index in [0.29, 0.717) is 0 Å². The summed E-state index contributed by atoms with van der Waals surface area (Å²) in [7, 11) is 1.80. The highest BCUT2D eigenvalue weighted by atomic mass is 127. The predicted molar refractivity (Wildman–Crippen MR) is 125 cm³/mol. The molecule has 1 atom stereocenters. The Morgan fingerprint density at radius 1 is 1.14 bits per heavy atom. The normalized spacial score (nSPS) is 16.0. The Balaban J connectivity index is 0.00000280. The molecule has 152 valence electrons. The lowest BCUT2D eigenvalue weighted by Crippen LogP contribution is -2.39. The average Bonchev–Trinajstić information content (AvgIpc) is 2.73. The second-order valence-corrected chi connectivity index (χ2v) is 6.80. The third-order valence-electron chi connectivity index (χ3n) is 4.87. The Morgan fingerprint density at radius 3 is 2.79 bits per heavy atom. The van der Waals surface area contributed by atoms with E-state index in [9.17, 15) is 0 Å². The maximum atomic E-state index is 6.16. The molecule has 1 aliphatic rings. The summed E-state index contributed by atoms with van der Waals surface area (Å²) in [5.74, 6) is 0.828. The molecule has 1 aromatic carbocycles. The molecule has 0 radical (unpaired) electrons. The molecule has 0 spiro atoms. The van der Waals surface area contributed by atoms with Gasteiger partial charge in [0.1, 0.15) is 0 Å². The minimum atomic E-state index is 0. The first-order valence-electron chi connectivity index (χ1n) is 9.90. The second-order valence-electron chi connectivity index (χ2n) is 6.80. The fourth-order valence-corrected chi connectivity index (χ4v) is 3.46. The van der Waals surface area contributed by atoms with Gasteiger partial charge in [0.15, 0.2) is 5.96 Å². The Labute approximate surface area is 185 Å². The zero-order valence-corrected chi connectivity index (χ0v) is 18.9. The van der Waals surface area contributed by atoms with Crippen molar-refractivity contribution < 1.29 is 4.74 Å². The molecule has 1 unspecified atom stereocenters. The van der Waals surface area contributed by atoms with Gasteiger partial charge in [0.05, 0.1) is 6.10 Å². The van der Waals surface area contributed by atoms with Crippen LogP contribution in [-0.2, 0) is 17.6 Å². The van der Waals surface area contributed by atoms with Gasteiger partial charge in [-0.15, -0.1) is 24.0 Å². The lowest BCUT2D eigenvalue weighted by molar-refractivity contribution is 0.0398. The Bertz CT molecular complexity index is 723. The van der Waals surface area contributed by atoms with Gasteiger partial charge in [0, 0.05) is 45.1 Å². The van der Waals surface area contributed by atoms with Crippen LogP contribution in [0.3, 0.4) is 0 Å². The maximum Gasteiger partial charge on any atom is 0.190 e. The molecule has 5 nitrogen and oxygen atoms in total. The Kier molecular flexibility index (Phi) is 10.3. The second kappa shape index (κ2) is 12.7. The number of benzene rings is 1. The van der Waals surface area contributed by atoms with Gasteiger partial charge in [0.25, 0.3) is 0 Å². The summed E-state index contributed by atoms with van der Waals surface area (Å²) in [6, 6.07) is 14.7. The topological polar surface area (TPSA) is 58.5 Å². The van der Waals surface area contributed by atoms with E-state index in [4.69, 9.17) is 4.74 Å². The van der Waals surface area contributed by atoms with Gasteiger partial charge in [-0.1, -0.05) is 30.3 Å². The molecule has 0 amide bonds. The van der Waals surface area contributed by atoms with Crippen molar-refractivity contribution in [3.05, 3.63) is 65.5 Å². The molecule has 2 aromatic rings. The molecule has 1 aromatic heterocycles. The van der Waals surface area contributed by atoms with Crippen LogP contribution in [0.25, 0.3) is 0 Å². The summed E-state index contributed by atoms with van der Waals surface area (Å²) in [6.45, 7) is 2.42. The summed E-state index contributed by atoms with van der Waals surface area (Å²) in [4.78, 5) is 8.60. The average molecular weight is 494 g/mol. The van der Waals surface area contributed by atoms with Gasteiger partial charge >= 0.3 is 0 Å². The molecule has 0 saturated heterocycles. The van der Waals surface area contributed by atoms with E-state index in [0.717, 1.165) is 50.6 Å². The standard InChI is InChI=1S/C22H30N4O.HI/c1-23-22(26-16-13-19-10-4-5-14-24-19)25-15-7-17-27-21-12-6-9-18-8-2-3-11-20(18)21;/h2-5,8,10-11,14,21H,6-7,9,12-13,15-17H2,1H3,(H2,23,25,26);1H. The molecular weight excluding hydrogens is 463 g/mol. The van der Waals surface area contributed by atoms with Crippen LogP contribution < -0.4 is 10.6 Å². The first kappa shape index (κ1) is 22.6. The zero-order chi connectivity index (χ0) is 18.7. The van der Waals surface area contributed by atoms with Crippen LogP contribution in [-0.4, -0.2) is 37.7 Å². The number of fused-ring (bicyclic) bond motifs is 1. The smallest absolute Gasteiger partial charge is 0.190 e. The van der Waals surface area contributed by atoms with E-state index in [1.165, 1.54) is 24.0 Å². The van der Waals surface area contributed by atoms with Gasteiger partial charge in [0.2, 0.25) is 0 Å². The summed E-state index contributed by atoms with van der Waals surface area (Å²) < 4.78 is 6.16. The van der Waals surface area contributed by atoms with Crippen molar-refractivity contribution in [2.24, 2.45) is 4.99 Å². The lowest BCUT2D eigenvalue weighted by atomic mass is 9.89. The Hall–Kier alpha value is -1.67. The molecule has 1 aliphatic carbocycles. The SMILES string of the molecule is CN=C(NCCCOC1CCCc2ccccc21)NCCc1ccccn1.I. The third-order valence-corrected chi connectivity index (χ3v) is 4.87. The van der Waals surface area contributed by atoms with Gasteiger partial charge in [-0.3, -0.25) is 9.98 Å². The summed E-state index contributed by atoms with van der Waals surface area (Å²) >= 11 is 0. The number of nitrogens with zero attached hydrogens (tertiary/aromatic N) is 2. The number of rotatable bonds is 8. The number of guanidine groups is 1.